The highest BCUT2D eigenvalue weighted by atomic mass is 32.3. The number of carboxylic acids is 1. The van der Waals surface area contributed by atoms with Crippen LogP contribution in [-0.2, 0) is 37.8 Å². The van der Waals surface area contributed by atoms with Gasteiger partial charge in [0.1, 0.15) is 11.9 Å². The lowest BCUT2D eigenvalue weighted by atomic mass is 9.99. The molecule has 2 aromatic carbocycles. The first kappa shape index (κ1) is 29.6. The number of sulfonamides is 2. The third kappa shape index (κ3) is 6.78. The zero-order valence-electron chi connectivity index (χ0n) is 22.9. The Hall–Kier alpha value is -3.85. The highest BCUT2D eigenvalue weighted by Gasteiger charge is 2.38. The molecule has 0 amide bonds. The van der Waals surface area contributed by atoms with Crippen molar-refractivity contribution in [3.63, 3.8) is 0 Å². The van der Waals surface area contributed by atoms with E-state index in [1.54, 1.807) is 11.0 Å². The standard InChI is InChI=1S/C27H34N6O7S2/c28-27(29)32-14-9-19-1-4-22(15-20(19)16-32)33(41(36,37)17-26(34)35)42(38,39)25-7-5-23(6-8-25)40-24-10-12-31(13-11-24)18-30-21-2-3-21/h1,4-8,15,18,21,24H,2-3,9-14,16-17H2,(H3,28,29)(H,34,35)/b30-18+. The maximum Gasteiger partial charge on any atom is 0.320 e. The Kier molecular flexibility index (Phi) is 8.32. The molecule has 0 atom stereocenters. The first-order valence-electron chi connectivity index (χ1n) is 13.7. The van der Waals surface area contributed by atoms with Crippen LogP contribution in [0.2, 0.25) is 0 Å². The largest absolute Gasteiger partial charge is 0.490 e. The van der Waals surface area contributed by atoms with E-state index in [4.69, 9.17) is 15.9 Å². The second kappa shape index (κ2) is 11.8. The first-order valence-corrected chi connectivity index (χ1v) is 16.7. The van der Waals surface area contributed by atoms with Crippen LogP contribution < -0.4 is 14.2 Å². The van der Waals surface area contributed by atoms with Crippen molar-refractivity contribution in [3.05, 3.63) is 53.6 Å². The molecule has 0 aromatic heterocycles. The van der Waals surface area contributed by atoms with E-state index >= 15 is 0 Å². The minimum absolute atomic E-state index is 0.0597. The fourth-order valence-corrected chi connectivity index (χ4v) is 8.56. The van der Waals surface area contributed by atoms with Crippen LogP contribution in [-0.4, -0.2) is 87.5 Å². The van der Waals surface area contributed by atoms with Crippen LogP contribution in [0, 0.1) is 5.41 Å². The number of hydrogen-bond donors (Lipinski definition) is 3. The summed E-state index contributed by atoms with van der Waals surface area (Å²) in [5, 5.41) is 17.0. The number of carboxylic acid groups (broad SMARTS) is 1. The van der Waals surface area contributed by atoms with Crippen molar-refractivity contribution in [2.75, 3.05) is 29.1 Å². The van der Waals surface area contributed by atoms with Gasteiger partial charge in [-0.05, 0) is 66.8 Å². The Balaban J connectivity index is 1.36. The zero-order valence-corrected chi connectivity index (χ0v) is 24.6. The summed E-state index contributed by atoms with van der Waals surface area (Å²) >= 11 is 0. The Morgan fingerprint density at radius 3 is 2.36 bits per heavy atom. The number of ether oxygens (including phenoxy) is 1. The summed E-state index contributed by atoms with van der Waals surface area (Å²) in [4.78, 5) is 19.3. The molecule has 0 radical (unpaired) electrons. The van der Waals surface area contributed by atoms with Gasteiger partial charge in [-0.3, -0.25) is 15.2 Å². The highest BCUT2D eigenvalue weighted by molar-refractivity contribution is 8.10. The number of aliphatic carboxylic acids is 1. The van der Waals surface area contributed by atoms with E-state index < -0.39 is 31.8 Å². The number of fused-ring (bicyclic) bond motifs is 1. The quantitative estimate of drug-likeness (QED) is 0.261. The second-order valence-corrected chi connectivity index (χ2v) is 14.5. The number of carbonyl (C=O) groups is 1. The highest BCUT2D eigenvalue weighted by Crippen LogP contribution is 2.32. The van der Waals surface area contributed by atoms with Crippen molar-refractivity contribution >= 4 is 44.0 Å². The molecule has 0 spiro atoms. The second-order valence-electron chi connectivity index (χ2n) is 10.7. The first-order chi connectivity index (χ1) is 19.9. The maximum atomic E-state index is 13.8. The fourth-order valence-electron chi connectivity index (χ4n) is 5.03. The molecule has 0 unspecified atom stereocenters. The van der Waals surface area contributed by atoms with Crippen LogP contribution in [0.25, 0.3) is 0 Å². The van der Waals surface area contributed by atoms with E-state index in [2.05, 4.69) is 9.89 Å². The Morgan fingerprint density at radius 2 is 1.74 bits per heavy atom. The molecule has 1 saturated carbocycles. The van der Waals surface area contributed by atoms with Gasteiger partial charge in [0.2, 0.25) is 0 Å². The summed E-state index contributed by atoms with van der Waals surface area (Å²) in [7, 11) is -9.62. The molecule has 1 aliphatic carbocycles. The number of anilines is 1. The van der Waals surface area contributed by atoms with E-state index in [1.165, 1.54) is 36.4 Å². The number of nitrogens with two attached hydrogens (primary N) is 1. The average Bonchev–Trinajstić information content (AvgIpc) is 3.76. The van der Waals surface area contributed by atoms with Gasteiger partial charge in [0.15, 0.2) is 11.7 Å². The Bertz CT molecular complexity index is 1580. The lowest BCUT2D eigenvalue weighted by molar-refractivity contribution is -0.134. The predicted octanol–water partition coefficient (Wildman–Crippen LogP) is 1.58. The number of nitrogens with zero attached hydrogens (tertiary/aromatic N) is 4. The summed E-state index contributed by atoms with van der Waals surface area (Å²) < 4.78 is 60.2. The number of likely N-dealkylation sites (tertiary alicyclic amines) is 1. The summed E-state index contributed by atoms with van der Waals surface area (Å²) in [6, 6.07) is 10.2. The summed E-state index contributed by atoms with van der Waals surface area (Å²) in [6.07, 6.45) is 6.24. The van der Waals surface area contributed by atoms with Crippen molar-refractivity contribution < 1.29 is 31.5 Å². The molecule has 4 N–H and O–H groups in total. The lowest BCUT2D eigenvalue weighted by Crippen LogP contribution is -2.41. The summed E-state index contributed by atoms with van der Waals surface area (Å²) in [5.74, 6) is -2.83. The number of hydrogen-bond acceptors (Lipinski definition) is 8. The van der Waals surface area contributed by atoms with Crippen LogP contribution >= 0.6 is 0 Å². The number of piperidine rings is 1. The van der Waals surface area contributed by atoms with Crippen molar-refractivity contribution in [1.82, 2.24) is 9.80 Å². The SMILES string of the molecule is N=C(N)N1CCc2ccc(N(S(=O)(=O)CC(=O)O)S(=O)(=O)c3ccc(OC4CCN(/C=N/C5CC5)CC4)cc3)cc2C1. The van der Waals surface area contributed by atoms with E-state index in [0.29, 0.717) is 30.3 Å². The molecule has 5 rings (SSSR count). The molecule has 2 aromatic rings. The van der Waals surface area contributed by atoms with Gasteiger partial charge >= 0.3 is 5.97 Å². The molecule has 0 bridgehead atoms. The van der Waals surface area contributed by atoms with E-state index in [-0.39, 0.29) is 32.9 Å². The van der Waals surface area contributed by atoms with Crippen molar-refractivity contribution in [2.24, 2.45) is 10.7 Å². The van der Waals surface area contributed by atoms with Gasteiger partial charge in [0.25, 0.3) is 20.0 Å². The molecule has 13 nitrogen and oxygen atoms in total. The number of guanidine groups is 1. The van der Waals surface area contributed by atoms with Gasteiger partial charge in [-0.25, -0.2) is 16.8 Å². The minimum atomic E-state index is -4.86. The van der Waals surface area contributed by atoms with Crippen LogP contribution in [0.15, 0.2) is 52.4 Å². The van der Waals surface area contributed by atoms with Crippen LogP contribution in [0.4, 0.5) is 5.69 Å². The van der Waals surface area contributed by atoms with E-state index in [1.807, 2.05) is 6.34 Å². The summed E-state index contributed by atoms with van der Waals surface area (Å²) in [6.45, 7) is 2.27. The van der Waals surface area contributed by atoms with Crippen molar-refractivity contribution in [1.29, 1.82) is 5.41 Å². The van der Waals surface area contributed by atoms with E-state index in [0.717, 1.165) is 44.3 Å². The molecule has 2 fully saturated rings. The topological polar surface area (TPSA) is 187 Å². The monoisotopic (exact) mass is 618 g/mol. The molecule has 1 saturated heterocycles. The van der Waals surface area contributed by atoms with Crippen molar-refractivity contribution in [3.8, 4) is 5.75 Å². The van der Waals surface area contributed by atoms with Gasteiger partial charge in [0.05, 0.1) is 23.0 Å². The molecule has 2 aliphatic heterocycles. The third-order valence-electron chi connectivity index (χ3n) is 7.42. The molecule has 2 heterocycles. The Morgan fingerprint density at radius 1 is 1.05 bits per heavy atom. The van der Waals surface area contributed by atoms with Crippen LogP contribution in [0.5, 0.6) is 5.75 Å². The number of nitrogens with one attached hydrogen (secondary N) is 1. The van der Waals surface area contributed by atoms with Gasteiger partial charge in [-0.15, -0.1) is 0 Å². The van der Waals surface area contributed by atoms with Gasteiger partial charge in [-0.1, -0.05) is 6.07 Å². The predicted molar refractivity (Wildman–Crippen MR) is 157 cm³/mol. The number of benzene rings is 2. The fraction of sp³-hybridized carbons (Fsp3) is 0.444. The average molecular weight is 619 g/mol. The maximum absolute atomic E-state index is 13.8. The lowest BCUT2D eigenvalue weighted by Gasteiger charge is -2.31. The van der Waals surface area contributed by atoms with Gasteiger partial charge in [0, 0.05) is 39.0 Å². The molecular weight excluding hydrogens is 584 g/mol. The van der Waals surface area contributed by atoms with Crippen molar-refractivity contribution in [2.45, 2.75) is 55.7 Å². The normalized spacial score (nSPS) is 18.1. The molecule has 42 heavy (non-hydrogen) atoms. The zero-order chi connectivity index (χ0) is 30.1. The van der Waals surface area contributed by atoms with Gasteiger partial charge in [-0.2, -0.15) is 3.71 Å². The van der Waals surface area contributed by atoms with Gasteiger partial charge < -0.3 is 25.4 Å². The number of rotatable bonds is 10. The van der Waals surface area contributed by atoms with Crippen LogP contribution in [0.1, 0.15) is 36.8 Å². The minimum Gasteiger partial charge on any atom is -0.490 e. The smallest absolute Gasteiger partial charge is 0.320 e. The molecule has 15 heteroatoms. The molecule has 3 aliphatic rings. The Labute approximate surface area is 245 Å². The summed E-state index contributed by atoms with van der Waals surface area (Å²) in [5.41, 5.74) is 6.84. The molecular formula is C27H34N6O7S2. The van der Waals surface area contributed by atoms with E-state index in [9.17, 15) is 26.7 Å². The molecule has 226 valence electrons. The third-order valence-corrected chi connectivity index (χ3v) is 11.5. The number of aliphatic imine (C=N–C) groups is 1. The van der Waals surface area contributed by atoms with Crippen LogP contribution in [0.3, 0.4) is 0 Å².